The minimum Gasteiger partial charge on any atom is -0.464 e. The smallest absolute Gasteiger partial charge is 0.328 e. The molecule has 0 spiro atoms. The molecule has 102 valence electrons. The summed E-state index contributed by atoms with van der Waals surface area (Å²) in [5, 5.41) is 0. The van der Waals surface area contributed by atoms with Crippen LogP contribution in [0.2, 0.25) is 0 Å². The number of nitrogens with zero attached hydrogens (tertiary/aromatic N) is 4. The molecule has 0 aromatic carbocycles. The average molecular weight is 271 g/mol. The topological polar surface area (TPSA) is 85.7 Å². The first-order valence-electron chi connectivity index (χ1n) is 6.25. The number of rotatable bonds is 4. The van der Waals surface area contributed by atoms with Gasteiger partial charge in [-0.2, -0.15) is 4.98 Å². The molecule has 3 heterocycles. The van der Waals surface area contributed by atoms with E-state index in [2.05, 4.69) is 19.9 Å². The van der Waals surface area contributed by atoms with Crippen LogP contribution in [0.3, 0.4) is 0 Å². The summed E-state index contributed by atoms with van der Waals surface area (Å²) in [5.41, 5.74) is 1.80. The summed E-state index contributed by atoms with van der Waals surface area (Å²) >= 11 is 0. The third-order valence-corrected chi connectivity index (χ3v) is 2.83. The van der Waals surface area contributed by atoms with Crippen LogP contribution >= 0.6 is 0 Å². The summed E-state index contributed by atoms with van der Waals surface area (Å²) in [6, 6.07) is 4.00. The van der Waals surface area contributed by atoms with Crippen LogP contribution in [-0.4, -0.2) is 31.1 Å². The molecule has 3 rings (SSSR count). The quantitative estimate of drug-likeness (QED) is 0.764. The summed E-state index contributed by atoms with van der Waals surface area (Å²) < 4.78 is 6.80. The first kappa shape index (κ1) is 12.3. The minimum atomic E-state index is -0.230. The van der Waals surface area contributed by atoms with E-state index >= 15 is 0 Å². The van der Waals surface area contributed by atoms with Crippen molar-refractivity contribution in [2.45, 2.75) is 13.5 Å². The highest BCUT2D eigenvalue weighted by atomic mass is 16.5. The lowest BCUT2D eigenvalue weighted by atomic mass is 10.3. The molecule has 7 heteroatoms. The van der Waals surface area contributed by atoms with Crippen LogP contribution in [0.25, 0.3) is 11.2 Å². The Labute approximate surface area is 114 Å². The maximum atomic E-state index is 12.0. The Morgan fingerprint density at radius 2 is 2.30 bits per heavy atom. The van der Waals surface area contributed by atoms with Gasteiger partial charge in [-0.1, -0.05) is 6.07 Å². The van der Waals surface area contributed by atoms with Gasteiger partial charge in [-0.3, -0.25) is 9.55 Å². The zero-order chi connectivity index (χ0) is 13.9. The first-order chi connectivity index (χ1) is 9.78. The van der Waals surface area contributed by atoms with Crippen LogP contribution < -0.4 is 10.4 Å². The van der Waals surface area contributed by atoms with E-state index in [0.717, 1.165) is 5.56 Å². The van der Waals surface area contributed by atoms with E-state index in [9.17, 15) is 4.79 Å². The summed E-state index contributed by atoms with van der Waals surface area (Å²) in [5.74, 6) is 0. The van der Waals surface area contributed by atoms with Gasteiger partial charge < -0.3 is 9.72 Å². The van der Waals surface area contributed by atoms with Crippen molar-refractivity contribution in [2.24, 2.45) is 0 Å². The standard InChI is InChI=1S/C13H13N5O2/c1-2-20-12-15-7-10-11(17-12)18(13(19)16-10)8-9-4-3-5-14-6-9/h3-7H,2,8H2,1H3,(H,16,19). The Kier molecular flexibility index (Phi) is 3.16. The fraction of sp³-hybridized carbons (Fsp3) is 0.231. The van der Waals surface area contributed by atoms with E-state index < -0.39 is 0 Å². The van der Waals surface area contributed by atoms with Gasteiger partial charge in [0.25, 0.3) is 0 Å². The number of fused-ring (bicyclic) bond motifs is 1. The second kappa shape index (κ2) is 5.12. The number of nitrogens with one attached hydrogen (secondary N) is 1. The molecule has 0 bridgehead atoms. The number of hydrogen-bond acceptors (Lipinski definition) is 5. The molecule has 0 amide bonds. The number of H-pyrrole nitrogens is 1. The summed E-state index contributed by atoms with van der Waals surface area (Å²) in [4.78, 5) is 27.0. The van der Waals surface area contributed by atoms with Gasteiger partial charge in [-0.15, -0.1) is 0 Å². The molecule has 0 radical (unpaired) electrons. The zero-order valence-electron chi connectivity index (χ0n) is 10.9. The van der Waals surface area contributed by atoms with Crippen LogP contribution in [0.15, 0.2) is 35.5 Å². The van der Waals surface area contributed by atoms with Gasteiger partial charge >= 0.3 is 11.7 Å². The Morgan fingerprint density at radius 3 is 3.05 bits per heavy atom. The summed E-state index contributed by atoms with van der Waals surface area (Å²) in [6.07, 6.45) is 4.96. The lowest BCUT2D eigenvalue weighted by Crippen LogP contribution is -2.17. The van der Waals surface area contributed by atoms with Gasteiger partial charge in [-0.25, -0.2) is 9.78 Å². The van der Waals surface area contributed by atoms with Gasteiger partial charge in [0.05, 0.1) is 19.3 Å². The molecule has 0 aliphatic carbocycles. The fourth-order valence-electron chi connectivity index (χ4n) is 1.95. The number of aromatic amines is 1. The van der Waals surface area contributed by atoms with Crippen molar-refractivity contribution < 1.29 is 4.74 Å². The summed E-state index contributed by atoms with van der Waals surface area (Å²) in [7, 11) is 0. The lowest BCUT2D eigenvalue weighted by molar-refractivity contribution is 0.313. The maximum Gasteiger partial charge on any atom is 0.328 e. The van der Waals surface area contributed by atoms with Gasteiger partial charge in [-0.05, 0) is 18.6 Å². The maximum absolute atomic E-state index is 12.0. The minimum absolute atomic E-state index is 0.230. The number of aromatic nitrogens is 5. The molecule has 0 atom stereocenters. The van der Waals surface area contributed by atoms with Crippen LogP contribution in [-0.2, 0) is 6.54 Å². The van der Waals surface area contributed by atoms with E-state index in [4.69, 9.17) is 4.74 Å². The molecular weight excluding hydrogens is 258 g/mol. The monoisotopic (exact) mass is 271 g/mol. The predicted octanol–water partition coefficient (Wildman–Crippen LogP) is 0.962. The number of hydrogen-bond donors (Lipinski definition) is 1. The normalized spacial score (nSPS) is 10.8. The van der Waals surface area contributed by atoms with E-state index in [1.165, 1.54) is 4.57 Å². The molecule has 0 saturated carbocycles. The molecule has 0 unspecified atom stereocenters. The molecule has 1 N–H and O–H groups in total. The molecular formula is C13H13N5O2. The Hall–Kier alpha value is -2.70. The van der Waals surface area contributed by atoms with Crippen LogP contribution in [0, 0.1) is 0 Å². The Bertz CT molecular complexity index is 778. The van der Waals surface area contributed by atoms with E-state index in [1.54, 1.807) is 18.6 Å². The number of pyridine rings is 1. The molecule has 0 aliphatic rings. The fourth-order valence-corrected chi connectivity index (χ4v) is 1.95. The number of ether oxygens (including phenoxy) is 1. The first-order valence-corrected chi connectivity index (χ1v) is 6.25. The van der Waals surface area contributed by atoms with Gasteiger partial charge in [0.2, 0.25) is 0 Å². The van der Waals surface area contributed by atoms with Gasteiger partial charge in [0.1, 0.15) is 5.52 Å². The van der Waals surface area contributed by atoms with Crippen LogP contribution in [0.1, 0.15) is 12.5 Å². The highest BCUT2D eigenvalue weighted by Crippen LogP contribution is 2.11. The molecule has 0 fully saturated rings. The zero-order valence-corrected chi connectivity index (χ0v) is 10.9. The largest absolute Gasteiger partial charge is 0.464 e. The van der Waals surface area contributed by atoms with Crippen molar-refractivity contribution in [3.8, 4) is 6.01 Å². The van der Waals surface area contributed by atoms with E-state index in [0.29, 0.717) is 24.3 Å². The van der Waals surface area contributed by atoms with Crippen molar-refractivity contribution >= 4 is 11.2 Å². The second-order valence-electron chi connectivity index (χ2n) is 4.20. The lowest BCUT2D eigenvalue weighted by Gasteiger charge is -2.04. The summed E-state index contributed by atoms with van der Waals surface area (Å²) in [6.45, 7) is 2.73. The third kappa shape index (κ3) is 2.25. The molecule has 3 aromatic rings. The van der Waals surface area contributed by atoms with Crippen molar-refractivity contribution in [3.63, 3.8) is 0 Å². The molecule has 0 saturated heterocycles. The highest BCUT2D eigenvalue weighted by Gasteiger charge is 2.10. The molecule has 0 aliphatic heterocycles. The SMILES string of the molecule is CCOc1ncc2[nH]c(=O)n(Cc3cccnc3)c2n1. The second-order valence-corrected chi connectivity index (χ2v) is 4.20. The van der Waals surface area contributed by atoms with E-state index in [1.807, 2.05) is 19.1 Å². The predicted molar refractivity (Wildman–Crippen MR) is 72.7 cm³/mol. The highest BCUT2D eigenvalue weighted by molar-refractivity contribution is 5.69. The Balaban J connectivity index is 2.07. The number of imidazole rings is 1. The Morgan fingerprint density at radius 1 is 1.40 bits per heavy atom. The third-order valence-electron chi connectivity index (χ3n) is 2.83. The van der Waals surface area contributed by atoms with Crippen LogP contribution in [0.5, 0.6) is 6.01 Å². The molecule has 3 aromatic heterocycles. The average Bonchev–Trinajstić information content (AvgIpc) is 2.77. The van der Waals surface area contributed by atoms with Crippen molar-refractivity contribution in [1.29, 1.82) is 0 Å². The van der Waals surface area contributed by atoms with Crippen molar-refractivity contribution in [3.05, 3.63) is 46.8 Å². The molecule has 20 heavy (non-hydrogen) atoms. The van der Waals surface area contributed by atoms with E-state index in [-0.39, 0.29) is 11.7 Å². The van der Waals surface area contributed by atoms with Gasteiger partial charge in [0.15, 0.2) is 5.65 Å². The van der Waals surface area contributed by atoms with Crippen molar-refractivity contribution in [1.82, 2.24) is 24.5 Å². The van der Waals surface area contributed by atoms with Crippen LogP contribution in [0.4, 0.5) is 0 Å². The van der Waals surface area contributed by atoms with Crippen molar-refractivity contribution in [2.75, 3.05) is 6.61 Å². The molecule has 7 nitrogen and oxygen atoms in total. The van der Waals surface area contributed by atoms with Gasteiger partial charge in [0, 0.05) is 12.4 Å².